The molecule has 0 aliphatic carbocycles. The lowest BCUT2D eigenvalue weighted by Gasteiger charge is -2.10. The Labute approximate surface area is 147 Å². The SMILES string of the molecule is COC(=O)c1ccccc1Nc1nncc(Nc2ccc(F)c(F)c2)n1. The fraction of sp³-hybridized carbons (Fsp3) is 0.0588. The van der Waals surface area contributed by atoms with Gasteiger partial charge in [0.25, 0.3) is 0 Å². The summed E-state index contributed by atoms with van der Waals surface area (Å²) in [5, 5.41) is 13.3. The van der Waals surface area contributed by atoms with Gasteiger partial charge in [-0.2, -0.15) is 10.1 Å². The Morgan fingerprint density at radius 3 is 2.65 bits per heavy atom. The first-order valence-electron chi connectivity index (χ1n) is 7.43. The van der Waals surface area contributed by atoms with Crippen LogP contribution in [0.5, 0.6) is 0 Å². The van der Waals surface area contributed by atoms with Gasteiger partial charge in [0.15, 0.2) is 17.5 Å². The zero-order valence-electron chi connectivity index (χ0n) is 13.5. The number of ether oxygens (including phenoxy) is 1. The molecule has 0 spiro atoms. The molecule has 3 aromatic rings. The first-order valence-corrected chi connectivity index (χ1v) is 7.43. The van der Waals surface area contributed by atoms with Gasteiger partial charge in [0.1, 0.15) is 0 Å². The second-order valence-electron chi connectivity index (χ2n) is 5.08. The van der Waals surface area contributed by atoms with E-state index in [4.69, 9.17) is 4.74 Å². The molecule has 0 radical (unpaired) electrons. The minimum Gasteiger partial charge on any atom is -0.465 e. The molecule has 0 aliphatic heterocycles. The van der Waals surface area contributed by atoms with Crippen LogP contribution < -0.4 is 10.6 Å². The third kappa shape index (κ3) is 3.89. The number of hydrogen-bond donors (Lipinski definition) is 2. The highest BCUT2D eigenvalue weighted by Crippen LogP contribution is 2.21. The molecule has 26 heavy (non-hydrogen) atoms. The van der Waals surface area contributed by atoms with Crippen LogP contribution in [0.1, 0.15) is 10.4 Å². The van der Waals surface area contributed by atoms with Gasteiger partial charge in [-0.15, -0.1) is 5.10 Å². The summed E-state index contributed by atoms with van der Waals surface area (Å²) in [5.41, 5.74) is 1.04. The number of aromatic nitrogens is 3. The Kier molecular flexibility index (Phi) is 4.97. The van der Waals surface area contributed by atoms with Gasteiger partial charge in [-0.25, -0.2) is 13.6 Å². The first-order chi connectivity index (χ1) is 12.6. The Morgan fingerprint density at radius 2 is 1.88 bits per heavy atom. The standard InChI is InChI=1S/C17H13F2N5O2/c1-26-16(25)11-4-2-3-5-14(11)22-17-23-15(9-20-24-17)21-10-6-7-12(18)13(19)8-10/h2-9H,1H3,(H2,21,22,23,24). The van der Waals surface area contributed by atoms with Crippen LogP contribution in [0.2, 0.25) is 0 Å². The molecule has 0 atom stereocenters. The lowest BCUT2D eigenvalue weighted by atomic mass is 10.2. The van der Waals surface area contributed by atoms with Crippen molar-refractivity contribution in [1.82, 2.24) is 15.2 Å². The van der Waals surface area contributed by atoms with Crippen molar-refractivity contribution in [2.24, 2.45) is 0 Å². The number of carbonyl (C=O) groups is 1. The molecule has 0 saturated carbocycles. The normalized spacial score (nSPS) is 10.3. The summed E-state index contributed by atoms with van der Waals surface area (Å²) in [5.74, 6) is -2.09. The molecule has 132 valence electrons. The second kappa shape index (κ2) is 7.51. The predicted octanol–water partition coefficient (Wildman–Crippen LogP) is 3.42. The van der Waals surface area contributed by atoms with Crippen molar-refractivity contribution in [3.8, 4) is 0 Å². The fourth-order valence-electron chi connectivity index (χ4n) is 2.14. The number of hydrogen-bond acceptors (Lipinski definition) is 7. The van der Waals surface area contributed by atoms with E-state index in [1.54, 1.807) is 24.3 Å². The van der Waals surface area contributed by atoms with Gasteiger partial charge in [0.2, 0.25) is 5.95 Å². The molecule has 0 amide bonds. The zero-order chi connectivity index (χ0) is 18.5. The van der Waals surface area contributed by atoms with E-state index in [0.717, 1.165) is 12.1 Å². The minimum absolute atomic E-state index is 0.105. The number of methoxy groups -OCH3 is 1. The number of nitrogens with zero attached hydrogens (tertiary/aromatic N) is 3. The van der Waals surface area contributed by atoms with E-state index in [1.165, 1.54) is 19.4 Å². The minimum atomic E-state index is -0.984. The van der Waals surface area contributed by atoms with Crippen molar-refractivity contribution >= 4 is 29.1 Å². The molecule has 3 rings (SSSR count). The van der Waals surface area contributed by atoms with Gasteiger partial charge in [-0.3, -0.25) is 0 Å². The van der Waals surface area contributed by atoms with Crippen molar-refractivity contribution in [3.63, 3.8) is 0 Å². The third-order valence-electron chi connectivity index (χ3n) is 3.33. The maximum atomic E-state index is 13.3. The molecule has 9 heteroatoms. The first kappa shape index (κ1) is 17.2. The van der Waals surface area contributed by atoms with Gasteiger partial charge in [-0.05, 0) is 24.3 Å². The Morgan fingerprint density at radius 1 is 1.08 bits per heavy atom. The van der Waals surface area contributed by atoms with Gasteiger partial charge in [-0.1, -0.05) is 12.1 Å². The molecule has 0 aliphatic rings. The predicted molar refractivity (Wildman–Crippen MR) is 90.5 cm³/mol. The maximum Gasteiger partial charge on any atom is 0.339 e. The molecule has 0 unspecified atom stereocenters. The van der Waals surface area contributed by atoms with Crippen molar-refractivity contribution < 1.29 is 18.3 Å². The van der Waals surface area contributed by atoms with Gasteiger partial charge in [0.05, 0.1) is 24.6 Å². The molecule has 1 aromatic heterocycles. The topological polar surface area (TPSA) is 89.0 Å². The van der Waals surface area contributed by atoms with Crippen molar-refractivity contribution in [1.29, 1.82) is 0 Å². The zero-order valence-corrected chi connectivity index (χ0v) is 13.5. The van der Waals surface area contributed by atoms with E-state index in [0.29, 0.717) is 16.9 Å². The highest BCUT2D eigenvalue weighted by molar-refractivity contribution is 5.96. The smallest absolute Gasteiger partial charge is 0.339 e. The van der Waals surface area contributed by atoms with Crippen molar-refractivity contribution in [3.05, 3.63) is 65.9 Å². The summed E-state index contributed by atoms with van der Waals surface area (Å²) in [6, 6.07) is 10.0. The molecule has 0 fully saturated rings. The maximum absolute atomic E-state index is 13.3. The van der Waals surface area contributed by atoms with Crippen LogP contribution in [0.25, 0.3) is 0 Å². The number of rotatable bonds is 5. The quantitative estimate of drug-likeness (QED) is 0.676. The second-order valence-corrected chi connectivity index (χ2v) is 5.08. The number of benzene rings is 2. The molecule has 0 saturated heterocycles. The average Bonchev–Trinajstić information content (AvgIpc) is 2.65. The molecular weight excluding hydrogens is 344 g/mol. The van der Waals surface area contributed by atoms with E-state index < -0.39 is 17.6 Å². The summed E-state index contributed by atoms with van der Waals surface area (Å²) in [6.45, 7) is 0. The van der Waals surface area contributed by atoms with E-state index in [1.807, 2.05) is 0 Å². The summed E-state index contributed by atoms with van der Waals surface area (Å²) in [6.07, 6.45) is 1.32. The van der Waals surface area contributed by atoms with Crippen LogP contribution in [0.4, 0.5) is 31.9 Å². The largest absolute Gasteiger partial charge is 0.465 e. The summed E-state index contributed by atoms with van der Waals surface area (Å²) in [4.78, 5) is 16.0. The van der Waals surface area contributed by atoms with E-state index in [-0.39, 0.29) is 11.8 Å². The van der Waals surface area contributed by atoms with E-state index in [2.05, 4.69) is 25.8 Å². The molecular formula is C17H13F2N5O2. The van der Waals surface area contributed by atoms with E-state index >= 15 is 0 Å². The number of carbonyl (C=O) groups excluding carboxylic acids is 1. The molecule has 0 bridgehead atoms. The number of esters is 1. The van der Waals surface area contributed by atoms with Crippen LogP contribution in [-0.4, -0.2) is 28.3 Å². The number of halogens is 2. The Hall–Kier alpha value is -3.62. The number of nitrogens with one attached hydrogen (secondary N) is 2. The third-order valence-corrected chi connectivity index (χ3v) is 3.33. The average molecular weight is 357 g/mol. The molecule has 2 aromatic carbocycles. The molecule has 2 N–H and O–H groups in total. The Bertz CT molecular complexity index is 952. The van der Waals surface area contributed by atoms with Crippen LogP contribution in [0.15, 0.2) is 48.7 Å². The monoisotopic (exact) mass is 357 g/mol. The van der Waals surface area contributed by atoms with Crippen LogP contribution in [-0.2, 0) is 4.74 Å². The number of para-hydroxylation sites is 1. The molecule has 7 nitrogen and oxygen atoms in total. The summed E-state index contributed by atoms with van der Waals surface area (Å²) >= 11 is 0. The van der Waals surface area contributed by atoms with Crippen LogP contribution in [0, 0.1) is 11.6 Å². The highest BCUT2D eigenvalue weighted by Gasteiger charge is 2.12. The van der Waals surface area contributed by atoms with Crippen molar-refractivity contribution in [2.45, 2.75) is 0 Å². The Balaban J connectivity index is 1.82. The van der Waals surface area contributed by atoms with E-state index in [9.17, 15) is 13.6 Å². The highest BCUT2D eigenvalue weighted by atomic mass is 19.2. The van der Waals surface area contributed by atoms with Crippen molar-refractivity contribution in [2.75, 3.05) is 17.7 Å². The molecule has 1 heterocycles. The van der Waals surface area contributed by atoms with Gasteiger partial charge in [0, 0.05) is 11.8 Å². The fourth-order valence-corrected chi connectivity index (χ4v) is 2.14. The lowest BCUT2D eigenvalue weighted by molar-refractivity contribution is 0.0602. The lowest BCUT2D eigenvalue weighted by Crippen LogP contribution is -2.08. The summed E-state index contributed by atoms with van der Waals surface area (Å²) in [7, 11) is 1.28. The van der Waals surface area contributed by atoms with Gasteiger partial charge >= 0.3 is 5.97 Å². The summed E-state index contributed by atoms with van der Waals surface area (Å²) < 4.78 is 31.0. The number of anilines is 4. The van der Waals surface area contributed by atoms with Gasteiger partial charge < -0.3 is 15.4 Å². The van der Waals surface area contributed by atoms with Crippen LogP contribution in [0.3, 0.4) is 0 Å². The van der Waals surface area contributed by atoms with Crippen LogP contribution >= 0.6 is 0 Å².